The van der Waals surface area contributed by atoms with Gasteiger partial charge in [0.2, 0.25) is 0 Å². The van der Waals surface area contributed by atoms with Gasteiger partial charge in [-0.25, -0.2) is 9.97 Å². The van der Waals surface area contributed by atoms with Crippen molar-refractivity contribution in [3.05, 3.63) is 54.6 Å². The second-order valence-corrected chi connectivity index (χ2v) is 4.65. The Labute approximate surface area is 133 Å². The van der Waals surface area contributed by atoms with Crippen molar-refractivity contribution in [3.8, 4) is 17.3 Å². The van der Waals surface area contributed by atoms with Crippen molar-refractivity contribution in [1.82, 2.24) is 15.0 Å². The average Bonchev–Trinajstić information content (AvgIpc) is 2.91. The van der Waals surface area contributed by atoms with Gasteiger partial charge < -0.3 is 10.1 Å². The second kappa shape index (κ2) is 5.25. The van der Waals surface area contributed by atoms with Crippen molar-refractivity contribution in [2.75, 3.05) is 0 Å². The summed E-state index contributed by atoms with van der Waals surface area (Å²) in [7, 11) is 0. The number of phenolic OH excluding ortho intramolecular Hbond substituents is 1. The van der Waals surface area contributed by atoms with Crippen molar-refractivity contribution >= 4 is 40.8 Å². The van der Waals surface area contributed by atoms with E-state index in [1.807, 2.05) is 42.5 Å². The zero-order valence-corrected chi connectivity index (χ0v) is 10.5. The number of phenols is 1. The summed E-state index contributed by atoms with van der Waals surface area (Å²) in [4.78, 5) is 12.3. The molecule has 2 heterocycles. The SMILES string of the molecule is Oc1cccc2ccc(-c3nc4ccccc4[nH]3)nc12.[LiH]. The Kier molecular flexibility index (Phi) is 3.42. The van der Waals surface area contributed by atoms with Crippen LogP contribution in [0.2, 0.25) is 0 Å². The van der Waals surface area contributed by atoms with Crippen LogP contribution in [0.25, 0.3) is 33.5 Å². The number of para-hydroxylation sites is 3. The van der Waals surface area contributed by atoms with Crippen molar-refractivity contribution < 1.29 is 5.11 Å². The Morgan fingerprint density at radius 1 is 0.857 bits per heavy atom. The maximum absolute atomic E-state index is 9.89. The molecule has 4 rings (SSSR count). The van der Waals surface area contributed by atoms with Crippen LogP contribution in [0.3, 0.4) is 0 Å². The standard InChI is InChI=1S/C16H11N3O.Li.H/c20-14-7-3-4-10-8-9-13(17-15(10)14)16-18-11-5-1-2-6-12(11)19-16;;/h1-9,20H,(H,18,19);;. The van der Waals surface area contributed by atoms with E-state index in [4.69, 9.17) is 0 Å². The molecule has 0 saturated carbocycles. The third kappa shape index (κ3) is 2.29. The van der Waals surface area contributed by atoms with E-state index < -0.39 is 0 Å². The number of nitrogens with zero attached hydrogens (tertiary/aromatic N) is 2. The molecule has 21 heavy (non-hydrogen) atoms. The van der Waals surface area contributed by atoms with Crippen molar-refractivity contribution in [1.29, 1.82) is 0 Å². The third-order valence-electron chi connectivity index (χ3n) is 3.33. The number of aromatic nitrogens is 3. The van der Waals surface area contributed by atoms with Crippen molar-refractivity contribution in [2.24, 2.45) is 0 Å². The van der Waals surface area contributed by atoms with Gasteiger partial charge in [-0.1, -0.05) is 30.3 Å². The fourth-order valence-electron chi connectivity index (χ4n) is 2.34. The quantitative estimate of drug-likeness (QED) is 0.522. The van der Waals surface area contributed by atoms with E-state index in [0.29, 0.717) is 11.3 Å². The van der Waals surface area contributed by atoms with Crippen LogP contribution in [0.15, 0.2) is 54.6 Å². The number of hydrogen-bond donors (Lipinski definition) is 2. The number of hydrogen-bond acceptors (Lipinski definition) is 3. The Hall–Kier alpha value is -2.28. The Balaban J connectivity index is 0.00000132. The summed E-state index contributed by atoms with van der Waals surface area (Å²) in [6.07, 6.45) is 0. The number of benzene rings is 2. The number of fused-ring (bicyclic) bond motifs is 2. The molecule has 2 N–H and O–H groups in total. The van der Waals surface area contributed by atoms with Crippen LogP contribution >= 0.6 is 0 Å². The van der Waals surface area contributed by atoms with Gasteiger partial charge in [0.1, 0.15) is 17.0 Å². The minimum atomic E-state index is 0. The first-order valence-electron chi connectivity index (χ1n) is 6.35. The molecule has 2 aromatic carbocycles. The predicted molar refractivity (Wildman–Crippen MR) is 85.6 cm³/mol. The van der Waals surface area contributed by atoms with Gasteiger partial charge >= 0.3 is 18.9 Å². The molecular formula is C16H12LiN3O. The number of pyridine rings is 1. The summed E-state index contributed by atoms with van der Waals surface area (Å²) >= 11 is 0. The number of nitrogens with one attached hydrogen (secondary N) is 1. The number of rotatable bonds is 1. The molecule has 0 aliphatic rings. The van der Waals surface area contributed by atoms with Crippen LogP contribution in [0, 0.1) is 0 Å². The van der Waals surface area contributed by atoms with Crippen LogP contribution in [0.5, 0.6) is 5.75 Å². The number of aromatic hydroxyl groups is 1. The van der Waals surface area contributed by atoms with Crippen LogP contribution in [-0.2, 0) is 0 Å². The van der Waals surface area contributed by atoms with E-state index in [0.717, 1.165) is 22.1 Å². The van der Waals surface area contributed by atoms with Gasteiger partial charge in [0.15, 0.2) is 5.82 Å². The topological polar surface area (TPSA) is 61.8 Å². The molecule has 0 saturated heterocycles. The summed E-state index contributed by atoms with van der Waals surface area (Å²) in [6.45, 7) is 0. The summed E-state index contributed by atoms with van der Waals surface area (Å²) in [5.41, 5.74) is 3.18. The summed E-state index contributed by atoms with van der Waals surface area (Å²) in [5.74, 6) is 0.886. The first-order chi connectivity index (χ1) is 9.81. The normalized spacial score (nSPS) is 10.7. The van der Waals surface area contributed by atoms with Gasteiger partial charge in [-0.2, -0.15) is 0 Å². The first kappa shape index (κ1) is 13.7. The molecular weight excluding hydrogens is 257 g/mol. The molecule has 0 aliphatic heterocycles. The molecule has 2 aromatic heterocycles. The zero-order valence-electron chi connectivity index (χ0n) is 10.5. The van der Waals surface area contributed by atoms with Gasteiger partial charge in [-0.15, -0.1) is 0 Å². The Morgan fingerprint density at radius 3 is 2.57 bits per heavy atom. The molecule has 0 radical (unpaired) electrons. The monoisotopic (exact) mass is 269 g/mol. The van der Waals surface area contributed by atoms with E-state index in [1.54, 1.807) is 12.1 Å². The number of H-pyrrole nitrogens is 1. The molecule has 0 fully saturated rings. The van der Waals surface area contributed by atoms with Crippen molar-refractivity contribution in [2.45, 2.75) is 0 Å². The molecule has 98 valence electrons. The number of imidazole rings is 1. The first-order valence-corrected chi connectivity index (χ1v) is 6.35. The molecule has 0 atom stereocenters. The summed E-state index contributed by atoms with van der Waals surface area (Å²) in [5, 5.41) is 10.8. The molecule has 4 aromatic rings. The molecule has 0 amide bonds. The van der Waals surface area contributed by atoms with E-state index >= 15 is 0 Å². The third-order valence-corrected chi connectivity index (χ3v) is 3.33. The van der Waals surface area contributed by atoms with E-state index in [9.17, 15) is 5.11 Å². The van der Waals surface area contributed by atoms with Gasteiger partial charge in [0.05, 0.1) is 11.0 Å². The molecule has 0 aliphatic carbocycles. The van der Waals surface area contributed by atoms with Gasteiger partial charge in [0.25, 0.3) is 0 Å². The van der Waals surface area contributed by atoms with E-state index in [-0.39, 0.29) is 24.6 Å². The van der Waals surface area contributed by atoms with Crippen LogP contribution in [-0.4, -0.2) is 38.9 Å². The maximum atomic E-state index is 9.89. The Bertz CT molecular complexity index is 900. The second-order valence-electron chi connectivity index (χ2n) is 4.65. The van der Waals surface area contributed by atoms with E-state index in [2.05, 4.69) is 15.0 Å². The zero-order chi connectivity index (χ0) is 13.5. The predicted octanol–water partition coefficient (Wildman–Crippen LogP) is 2.84. The van der Waals surface area contributed by atoms with Crippen LogP contribution in [0.4, 0.5) is 0 Å². The molecule has 5 heteroatoms. The van der Waals surface area contributed by atoms with Crippen molar-refractivity contribution in [3.63, 3.8) is 0 Å². The van der Waals surface area contributed by atoms with Gasteiger partial charge in [-0.3, -0.25) is 0 Å². The summed E-state index contributed by atoms with van der Waals surface area (Å²) < 4.78 is 0. The van der Waals surface area contributed by atoms with Gasteiger partial charge in [-0.05, 0) is 24.3 Å². The molecule has 4 nitrogen and oxygen atoms in total. The molecule has 0 bridgehead atoms. The number of aromatic amines is 1. The molecule has 0 unspecified atom stereocenters. The fourth-order valence-corrected chi connectivity index (χ4v) is 2.34. The fraction of sp³-hybridized carbons (Fsp3) is 0. The van der Waals surface area contributed by atoms with E-state index in [1.165, 1.54) is 0 Å². The van der Waals surface area contributed by atoms with Crippen LogP contribution in [0.1, 0.15) is 0 Å². The minimum absolute atomic E-state index is 0. The Morgan fingerprint density at radius 2 is 1.71 bits per heavy atom. The van der Waals surface area contributed by atoms with Crippen LogP contribution < -0.4 is 0 Å². The summed E-state index contributed by atoms with van der Waals surface area (Å²) in [6, 6.07) is 17.0. The van der Waals surface area contributed by atoms with Gasteiger partial charge in [0, 0.05) is 5.39 Å². The molecule has 0 spiro atoms. The average molecular weight is 269 g/mol.